The van der Waals surface area contributed by atoms with Crippen LogP contribution in [0.15, 0.2) is 59.7 Å². The van der Waals surface area contributed by atoms with E-state index in [4.69, 9.17) is 0 Å². The summed E-state index contributed by atoms with van der Waals surface area (Å²) in [5.74, 6) is -0.418. The monoisotopic (exact) mass is 437 g/mol. The molecule has 2 aromatic heterocycles. The van der Waals surface area contributed by atoms with E-state index in [2.05, 4.69) is 26.1 Å². The molecular formula is C21H23N7O4. The fourth-order valence-corrected chi connectivity index (χ4v) is 2.70. The number of carbonyl (C=O) groups excluding carboxylic acids is 3. The van der Waals surface area contributed by atoms with Crippen LogP contribution >= 0.6 is 0 Å². The molecule has 0 unspecified atom stereocenters. The number of nitrogens with one attached hydrogen (secondary N) is 3. The van der Waals surface area contributed by atoms with Crippen LogP contribution in [0.3, 0.4) is 0 Å². The van der Waals surface area contributed by atoms with E-state index < -0.39 is 11.5 Å². The Labute approximate surface area is 183 Å². The van der Waals surface area contributed by atoms with Crippen molar-refractivity contribution in [3.8, 4) is 5.82 Å². The number of benzene rings is 1. The maximum Gasteiger partial charge on any atom is 0.267 e. The summed E-state index contributed by atoms with van der Waals surface area (Å²) in [6.45, 7) is 1.88. The predicted molar refractivity (Wildman–Crippen MR) is 116 cm³/mol. The van der Waals surface area contributed by atoms with Crippen molar-refractivity contribution in [1.82, 2.24) is 30.2 Å². The smallest absolute Gasteiger partial charge is 0.267 e. The van der Waals surface area contributed by atoms with E-state index in [1.165, 1.54) is 16.8 Å². The highest BCUT2D eigenvalue weighted by atomic mass is 16.2. The number of amides is 3. The molecule has 1 aromatic carbocycles. The lowest BCUT2D eigenvalue weighted by Crippen LogP contribution is -2.38. The van der Waals surface area contributed by atoms with Gasteiger partial charge in [0.1, 0.15) is 6.54 Å². The molecule has 2 heterocycles. The largest absolute Gasteiger partial charge is 0.353 e. The third-order valence-electron chi connectivity index (χ3n) is 4.37. The summed E-state index contributed by atoms with van der Waals surface area (Å²) in [4.78, 5) is 47.7. The van der Waals surface area contributed by atoms with Crippen molar-refractivity contribution in [3.05, 3.63) is 70.8 Å². The molecule has 0 spiro atoms. The van der Waals surface area contributed by atoms with Gasteiger partial charge in [-0.25, -0.2) is 9.36 Å². The summed E-state index contributed by atoms with van der Waals surface area (Å²) in [7, 11) is 0. The molecule has 11 heteroatoms. The van der Waals surface area contributed by atoms with Gasteiger partial charge in [-0.2, -0.15) is 5.10 Å². The van der Waals surface area contributed by atoms with Gasteiger partial charge in [0, 0.05) is 49.2 Å². The molecule has 3 aromatic rings. The number of hydrogen-bond acceptors (Lipinski definition) is 6. The number of carbonyl (C=O) groups is 3. The summed E-state index contributed by atoms with van der Waals surface area (Å²) in [6, 6.07) is 11.0. The van der Waals surface area contributed by atoms with E-state index in [0.29, 0.717) is 23.5 Å². The molecule has 0 aliphatic rings. The first-order chi connectivity index (χ1) is 15.5. The van der Waals surface area contributed by atoms with Crippen LogP contribution in [0.4, 0.5) is 5.69 Å². The molecule has 11 nitrogen and oxygen atoms in total. The first kappa shape index (κ1) is 22.4. The molecule has 0 atom stereocenters. The summed E-state index contributed by atoms with van der Waals surface area (Å²) >= 11 is 0. The molecule has 32 heavy (non-hydrogen) atoms. The van der Waals surface area contributed by atoms with E-state index in [-0.39, 0.29) is 31.4 Å². The fourth-order valence-electron chi connectivity index (χ4n) is 2.70. The van der Waals surface area contributed by atoms with Crippen LogP contribution in [0, 0.1) is 0 Å². The summed E-state index contributed by atoms with van der Waals surface area (Å²) < 4.78 is 2.53. The van der Waals surface area contributed by atoms with Crippen LogP contribution in [0.5, 0.6) is 0 Å². The molecule has 3 amide bonds. The quantitative estimate of drug-likeness (QED) is 0.412. The van der Waals surface area contributed by atoms with Gasteiger partial charge in [0.15, 0.2) is 5.82 Å². The Hall–Kier alpha value is -4.28. The third kappa shape index (κ3) is 6.11. The summed E-state index contributed by atoms with van der Waals surface area (Å²) in [6.07, 6.45) is 3.62. The molecule has 3 N–H and O–H groups in total. The molecule has 0 radical (unpaired) electrons. The highest BCUT2D eigenvalue weighted by Crippen LogP contribution is 2.09. The maximum absolute atomic E-state index is 12.2. The first-order valence-corrected chi connectivity index (χ1v) is 9.99. The van der Waals surface area contributed by atoms with Gasteiger partial charge in [-0.3, -0.25) is 19.2 Å². The number of aromatic nitrogens is 4. The normalized spacial score (nSPS) is 10.4. The molecule has 166 valence electrons. The molecule has 0 saturated carbocycles. The van der Waals surface area contributed by atoms with E-state index in [1.54, 1.807) is 49.6 Å². The van der Waals surface area contributed by atoms with Crippen LogP contribution in [-0.2, 0) is 16.1 Å². The number of nitrogens with zero attached hydrogens (tertiary/aromatic N) is 4. The average Bonchev–Trinajstić information content (AvgIpc) is 3.33. The van der Waals surface area contributed by atoms with Crippen LogP contribution in [-0.4, -0.2) is 50.4 Å². The van der Waals surface area contributed by atoms with Crippen molar-refractivity contribution < 1.29 is 14.4 Å². The maximum atomic E-state index is 12.2. The zero-order valence-corrected chi connectivity index (χ0v) is 17.4. The van der Waals surface area contributed by atoms with E-state index >= 15 is 0 Å². The van der Waals surface area contributed by atoms with Gasteiger partial charge in [-0.15, -0.1) is 5.10 Å². The Morgan fingerprint density at radius 2 is 1.72 bits per heavy atom. The van der Waals surface area contributed by atoms with Crippen LogP contribution < -0.4 is 21.5 Å². The minimum absolute atomic E-state index is 0.108. The second kappa shape index (κ2) is 10.7. The highest BCUT2D eigenvalue weighted by Gasteiger charge is 2.09. The van der Waals surface area contributed by atoms with Gasteiger partial charge in [0.25, 0.3) is 11.5 Å². The topological polar surface area (TPSA) is 140 Å². The van der Waals surface area contributed by atoms with E-state index in [1.807, 2.05) is 0 Å². The van der Waals surface area contributed by atoms with Crippen molar-refractivity contribution in [2.24, 2.45) is 0 Å². The zero-order valence-electron chi connectivity index (χ0n) is 17.4. The lowest BCUT2D eigenvalue weighted by molar-refractivity contribution is -0.122. The van der Waals surface area contributed by atoms with Crippen molar-refractivity contribution in [2.45, 2.75) is 19.9 Å². The highest BCUT2D eigenvalue weighted by molar-refractivity contribution is 5.95. The van der Waals surface area contributed by atoms with E-state index in [9.17, 15) is 19.2 Å². The molecular weight excluding hydrogens is 414 g/mol. The number of rotatable bonds is 9. The predicted octanol–water partition coefficient (Wildman–Crippen LogP) is 0.324. The fraction of sp³-hybridized carbons (Fsp3) is 0.238. The molecule has 0 aliphatic heterocycles. The molecule has 0 aliphatic carbocycles. The Kier molecular flexibility index (Phi) is 7.46. The summed E-state index contributed by atoms with van der Waals surface area (Å²) in [5, 5.41) is 16.2. The minimum atomic E-state index is -0.414. The van der Waals surface area contributed by atoms with Crippen molar-refractivity contribution in [3.63, 3.8) is 0 Å². The summed E-state index contributed by atoms with van der Waals surface area (Å²) in [5.41, 5.74) is 0.626. The lowest BCUT2D eigenvalue weighted by atomic mass is 10.2. The number of anilines is 1. The van der Waals surface area contributed by atoms with Gasteiger partial charge in [0.2, 0.25) is 11.8 Å². The standard InChI is InChI=1S/C21H23N7O4/c1-2-18(29)25-16-6-4-15(5-7-16)21(32)23-12-11-22-19(30)14-28-20(31)9-8-17(26-28)27-13-3-10-24-27/h3-10,13H,2,11-12,14H2,1H3,(H,22,30)(H,23,32)(H,25,29). The molecule has 0 fully saturated rings. The molecule has 0 bridgehead atoms. The SMILES string of the molecule is CCC(=O)Nc1ccc(C(=O)NCCNC(=O)Cn2nc(-n3cccn3)ccc2=O)cc1. The van der Waals surface area contributed by atoms with Gasteiger partial charge in [-0.05, 0) is 36.4 Å². The van der Waals surface area contributed by atoms with Gasteiger partial charge >= 0.3 is 0 Å². The Bertz CT molecular complexity index is 1140. The second-order valence-corrected chi connectivity index (χ2v) is 6.72. The van der Waals surface area contributed by atoms with Crippen molar-refractivity contribution in [2.75, 3.05) is 18.4 Å². The van der Waals surface area contributed by atoms with Crippen LogP contribution in [0.2, 0.25) is 0 Å². The lowest BCUT2D eigenvalue weighted by Gasteiger charge is -2.09. The van der Waals surface area contributed by atoms with Gasteiger partial charge in [0.05, 0.1) is 0 Å². The second-order valence-electron chi connectivity index (χ2n) is 6.72. The van der Waals surface area contributed by atoms with Crippen LogP contribution in [0.1, 0.15) is 23.7 Å². The third-order valence-corrected chi connectivity index (χ3v) is 4.37. The van der Waals surface area contributed by atoms with Gasteiger partial charge < -0.3 is 16.0 Å². The van der Waals surface area contributed by atoms with Crippen molar-refractivity contribution in [1.29, 1.82) is 0 Å². The Morgan fingerprint density at radius 1 is 0.969 bits per heavy atom. The molecule has 0 saturated heterocycles. The zero-order chi connectivity index (χ0) is 22.9. The average molecular weight is 437 g/mol. The van der Waals surface area contributed by atoms with E-state index in [0.717, 1.165) is 4.68 Å². The Morgan fingerprint density at radius 3 is 2.41 bits per heavy atom. The number of hydrogen-bond donors (Lipinski definition) is 3. The first-order valence-electron chi connectivity index (χ1n) is 9.99. The van der Waals surface area contributed by atoms with Crippen LogP contribution in [0.25, 0.3) is 5.82 Å². The Balaban J connectivity index is 1.44. The molecule has 3 rings (SSSR count). The van der Waals surface area contributed by atoms with Crippen molar-refractivity contribution >= 4 is 23.4 Å². The van der Waals surface area contributed by atoms with Gasteiger partial charge in [-0.1, -0.05) is 6.92 Å². The minimum Gasteiger partial charge on any atom is -0.353 e.